The van der Waals surface area contributed by atoms with Crippen LogP contribution in [0.15, 0.2) is 47.5 Å². The summed E-state index contributed by atoms with van der Waals surface area (Å²) in [6.07, 6.45) is -0.871. The highest BCUT2D eigenvalue weighted by molar-refractivity contribution is 7.89. The second-order valence-corrected chi connectivity index (χ2v) is 12.9. The maximum absolute atomic E-state index is 14.0. The Balaban J connectivity index is 1.37. The number of alkyl halides is 3. The number of hydrogen-bond donors (Lipinski definition) is 1. The molecule has 6 rings (SSSR count). The number of halogens is 3. The van der Waals surface area contributed by atoms with E-state index in [0.29, 0.717) is 40.5 Å². The average molecular weight is 638 g/mol. The van der Waals surface area contributed by atoms with Crippen LogP contribution in [-0.2, 0) is 28.9 Å². The summed E-state index contributed by atoms with van der Waals surface area (Å²) in [6.45, 7) is 5.13. The Kier molecular flexibility index (Phi) is 8.19. The van der Waals surface area contributed by atoms with E-state index in [1.54, 1.807) is 19.1 Å². The summed E-state index contributed by atoms with van der Waals surface area (Å²) in [5.41, 5.74) is 3.65. The molecule has 2 aliphatic heterocycles. The molecule has 4 aromatic rings. The lowest BCUT2D eigenvalue weighted by atomic mass is 9.85. The molecule has 2 unspecified atom stereocenters. The minimum absolute atomic E-state index is 0.00591. The molecule has 5 heterocycles. The zero-order valence-corrected chi connectivity index (χ0v) is 25.4. The van der Waals surface area contributed by atoms with Crippen molar-refractivity contribution in [3.05, 3.63) is 81.9 Å². The van der Waals surface area contributed by atoms with E-state index in [2.05, 4.69) is 26.2 Å². The Morgan fingerprint density at radius 3 is 2.73 bits per heavy atom. The van der Waals surface area contributed by atoms with E-state index < -0.39 is 35.2 Å². The summed E-state index contributed by atoms with van der Waals surface area (Å²) in [5.74, 6) is -2.32. The maximum Gasteiger partial charge on any atom is 0.452 e. The number of aryl methyl sites for hydroxylation is 2. The van der Waals surface area contributed by atoms with Gasteiger partial charge in [0.1, 0.15) is 11.8 Å². The summed E-state index contributed by atoms with van der Waals surface area (Å²) in [4.78, 5) is 19.3. The number of fused-ring (bicyclic) bond motifs is 4. The molecule has 1 fully saturated rings. The van der Waals surface area contributed by atoms with Crippen LogP contribution in [0.3, 0.4) is 0 Å². The van der Waals surface area contributed by atoms with Crippen molar-refractivity contribution in [1.82, 2.24) is 23.9 Å². The Morgan fingerprint density at radius 1 is 1.20 bits per heavy atom. The fraction of sp³-hybridized carbons (Fsp3) is 0.387. The number of piperidine rings is 1. The maximum atomic E-state index is 14.0. The van der Waals surface area contributed by atoms with Gasteiger partial charge in [-0.3, -0.25) is 9.20 Å². The molecule has 1 N–H and O–H groups in total. The van der Waals surface area contributed by atoms with Gasteiger partial charge < -0.3 is 14.6 Å². The molecular weight excluding hydrogens is 607 g/mol. The van der Waals surface area contributed by atoms with Gasteiger partial charge in [0.15, 0.2) is 11.5 Å². The fourth-order valence-electron chi connectivity index (χ4n) is 6.39. The van der Waals surface area contributed by atoms with Crippen molar-refractivity contribution in [2.45, 2.75) is 69.1 Å². The van der Waals surface area contributed by atoms with E-state index in [0.717, 1.165) is 41.3 Å². The summed E-state index contributed by atoms with van der Waals surface area (Å²) >= 11 is -1.58. The molecule has 0 amide bonds. The van der Waals surface area contributed by atoms with Gasteiger partial charge in [-0.05, 0) is 73.1 Å². The Morgan fingerprint density at radius 2 is 2.00 bits per heavy atom. The van der Waals surface area contributed by atoms with Crippen molar-refractivity contribution in [2.24, 2.45) is 0 Å². The van der Waals surface area contributed by atoms with Crippen LogP contribution in [0.5, 0.6) is 0 Å². The lowest BCUT2D eigenvalue weighted by molar-refractivity contribution is -0.145. The van der Waals surface area contributed by atoms with Crippen LogP contribution < -0.4 is 4.90 Å². The number of benzene rings is 1. The molecule has 1 saturated heterocycles. The number of nitrogens with zero attached hydrogens (tertiary/aromatic N) is 7. The lowest BCUT2D eigenvalue weighted by Gasteiger charge is -2.35. The van der Waals surface area contributed by atoms with Crippen molar-refractivity contribution in [3.8, 4) is 6.07 Å². The standard InChI is InChI=1S/C31H30F3N7O3S/c1-18-6-7-20(25(14-27(42)43)24-10-12-41-28(19(24)2)37-38-30(41)31(32,33)34)13-21(18)16-39-17-23-5-3-4-11-40(23)29-26(45(39)44)9-8-22(15-35)36-29/h6-10,12-13,23,25H,3-5,11,14,16-17H2,1-2H3,(H,42,43)/t23?,25-,45?/m0/s1. The highest BCUT2D eigenvalue weighted by Crippen LogP contribution is 2.38. The molecule has 0 spiro atoms. The number of hydrogen-bond acceptors (Lipinski definition) is 8. The molecule has 0 radical (unpaired) electrons. The van der Waals surface area contributed by atoms with Gasteiger partial charge in [0.25, 0.3) is 0 Å². The van der Waals surface area contributed by atoms with Gasteiger partial charge in [-0.25, -0.2) is 4.98 Å². The van der Waals surface area contributed by atoms with E-state index >= 15 is 0 Å². The first-order valence-electron chi connectivity index (χ1n) is 14.5. The number of carboxylic acids is 1. The minimum Gasteiger partial charge on any atom is -0.593 e. The normalized spacial score (nSPS) is 19.4. The van der Waals surface area contributed by atoms with Crippen LogP contribution in [0, 0.1) is 25.2 Å². The van der Waals surface area contributed by atoms with E-state index in [9.17, 15) is 32.9 Å². The first kappa shape index (κ1) is 30.8. The second-order valence-electron chi connectivity index (χ2n) is 11.5. The number of rotatable bonds is 6. The summed E-state index contributed by atoms with van der Waals surface area (Å²) in [6, 6.07) is 12.5. The molecule has 3 atom stereocenters. The van der Waals surface area contributed by atoms with Gasteiger partial charge in [-0.15, -0.1) is 14.5 Å². The van der Waals surface area contributed by atoms with Crippen LogP contribution in [0.4, 0.5) is 19.0 Å². The molecule has 0 saturated carbocycles. The predicted octanol–water partition coefficient (Wildman–Crippen LogP) is 5.14. The minimum atomic E-state index is -4.70. The summed E-state index contributed by atoms with van der Waals surface area (Å²) in [7, 11) is 0. The smallest absolute Gasteiger partial charge is 0.452 e. The quantitative estimate of drug-likeness (QED) is 0.286. The molecular formula is C31H30F3N7O3S. The van der Waals surface area contributed by atoms with E-state index in [-0.39, 0.29) is 23.8 Å². The summed E-state index contributed by atoms with van der Waals surface area (Å²) in [5, 5.41) is 26.4. The van der Waals surface area contributed by atoms with Gasteiger partial charge in [-0.1, -0.05) is 18.2 Å². The van der Waals surface area contributed by atoms with E-state index in [4.69, 9.17) is 0 Å². The third-order valence-electron chi connectivity index (χ3n) is 8.69. The predicted molar refractivity (Wildman–Crippen MR) is 159 cm³/mol. The first-order valence-corrected chi connectivity index (χ1v) is 15.6. The first-order chi connectivity index (χ1) is 21.5. The molecule has 2 aliphatic rings. The monoisotopic (exact) mass is 637 g/mol. The number of aromatic nitrogens is 4. The Hall–Kier alpha value is -4.19. The highest BCUT2D eigenvalue weighted by Gasteiger charge is 2.40. The molecule has 14 heteroatoms. The molecule has 3 aromatic heterocycles. The van der Waals surface area contributed by atoms with Crippen molar-refractivity contribution in [2.75, 3.05) is 18.0 Å². The third-order valence-corrected chi connectivity index (χ3v) is 10.1. The van der Waals surface area contributed by atoms with Gasteiger partial charge >= 0.3 is 12.1 Å². The van der Waals surface area contributed by atoms with Crippen molar-refractivity contribution in [1.29, 1.82) is 5.26 Å². The molecule has 234 valence electrons. The molecule has 0 aliphatic carbocycles. The average Bonchev–Trinajstić information content (AvgIpc) is 3.42. The van der Waals surface area contributed by atoms with Gasteiger partial charge in [-0.2, -0.15) is 18.4 Å². The zero-order valence-electron chi connectivity index (χ0n) is 24.6. The number of carboxylic acid groups (broad SMARTS) is 1. The van der Waals surface area contributed by atoms with Gasteiger partial charge in [0, 0.05) is 30.8 Å². The number of nitriles is 1. The van der Waals surface area contributed by atoms with Crippen LogP contribution >= 0.6 is 0 Å². The number of carbonyl (C=O) groups is 1. The molecule has 10 nitrogen and oxygen atoms in total. The van der Waals surface area contributed by atoms with E-state index in [1.807, 2.05) is 29.4 Å². The van der Waals surface area contributed by atoms with Crippen LogP contribution in [-0.4, -0.2) is 58.6 Å². The van der Waals surface area contributed by atoms with Crippen molar-refractivity contribution in [3.63, 3.8) is 0 Å². The zero-order chi connectivity index (χ0) is 32.0. The van der Waals surface area contributed by atoms with Crippen LogP contribution in [0.2, 0.25) is 0 Å². The largest absolute Gasteiger partial charge is 0.593 e. The van der Waals surface area contributed by atoms with Crippen molar-refractivity contribution >= 4 is 28.8 Å². The molecule has 45 heavy (non-hydrogen) atoms. The highest BCUT2D eigenvalue weighted by atomic mass is 32.2. The summed E-state index contributed by atoms with van der Waals surface area (Å²) < 4.78 is 57.2. The fourth-order valence-corrected chi connectivity index (χ4v) is 7.74. The van der Waals surface area contributed by atoms with Crippen LogP contribution in [0.25, 0.3) is 5.65 Å². The lowest BCUT2D eigenvalue weighted by Crippen LogP contribution is -2.45. The SMILES string of the molecule is Cc1ccc([C@H](CC(=O)O)c2ccn3c(C(F)(F)F)nnc3c2C)cc1CN1CC2CCCCN2c2nc(C#N)ccc2[S+]1[O-]. The topological polar surface area (TPSA) is 134 Å². The van der Waals surface area contributed by atoms with Gasteiger partial charge in [0.2, 0.25) is 10.7 Å². The van der Waals surface area contributed by atoms with Gasteiger partial charge in [0.05, 0.1) is 30.9 Å². The second kappa shape index (κ2) is 12.0. The Bertz CT molecular complexity index is 1820. The van der Waals surface area contributed by atoms with Crippen LogP contribution in [0.1, 0.15) is 70.9 Å². The number of aliphatic carboxylic acids is 1. The number of pyridine rings is 2. The molecule has 1 aromatic carbocycles. The van der Waals surface area contributed by atoms with Crippen molar-refractivity contribution < 1.29 is 27.6 Å². The number of anilines is 1. The third kappa shape index (κ3) is 5.83. The van der Waals surface area contributed by atoms with E-state index in [1.165, 1.54) is 12.3 Å². The molecule has 0 bridgehead atoms. The Labute approximate surface area is 260 Å².